The van der Waals surface area contributed by atoms with E-state index < -0.39 is 55.5 Å². The lowest BCUT2D eigenvalue weighted by Gasteiger charge is -2.26. The van der Waals surface area contributed by atoms with Crippen LogP contribution in [0.1, 0.15) is 5.56 Å². The van der Waals surface area contributed by atoms with Crippen LogP contribution in [0.15, 0.2) is 69.9 Å². The van der Waals surface area contributed by atoms with Crippen LogP contribution in [0, 0.1) is 6.92 Å². The summed E-state index contributed by atoms with van der Waals surface area (Å²) in [6.45, 7) is -0.576. The molecule has 306 valence electrons. The summed E-state index contributed by atoms with van der Waals surface area (Å²) in [6, 6.07) is 15.4. The predicted octanol–water partition coefficient (Wildman–Crippen LogP) is 2.17. The number of carbonyl (C=O) groups excluding carboxylic acids is 4. The SMILES string of the molecule is Cc1ccc(N(CC(=O)ON)CC(=O)ON)c(OCCOc2cc(-c3c4cc(Cl)c(=O)cc-4oc4cc(ON)c(Cl)cc34)ccc2N(CC(=O)ON)CC(=O)ON)c1. The van der Waals surface area contributed by atoms with E-state index in [1.165, 1.54) is 34.1 Å². The van der Waals surface area contributed by atoms with Crippen LogP contribution in [0.5, 0.6) is 17.2 Å². The predicted molar refractivity (Wildman–Crippen MR) is 207 cm³/mol. The lowest BCUT2D eigenvalue weighted by molar-refractivity contribution is -0.145. The number of fused-ring (bicyclic) bond motifs is 2. The van der Waals surface area contributed by atoms with Crippen molar-refractivity contribution in [3.8, 4) is 39.7 Å². The van der Waals surface area contributed by atoms with Crippen LogP contribution < -0.4 is 59.0 Å². The Morgan fingerprint density at radius 3 is 1.67 bits per heavy atom. The quantitative estimate of drug-likeness (QED) is 0.0509. The zero-order valence-electron chi connectivity index (χ0n) is 30.4. The first-order chi connectivity index (χ1) is 27.8. The van der Waals surface area contributed by atoms with E-state index >= 15 is 0 Å². The third-order valence-corrected chi connectivity index (χ3v) is 8.99. The lowest BCUT2D eigenvalue weighted by Crippen LogP contribution is -2.38. The molecular formula is C36H35Cl2N7O13. The number of anilines is 2. The molecule has 10 N–H and O–H groups in total. The summed E-state index contributed by atoms with van der Waals surface area (Å²) in [5, 5.41) is 0.476. The standard InChI is InChI=1S/C36H35Cl2N7O13/c1-18-2-4-24(44(14-32(47)55-40)15-33(48)56-41)30(8-18)51-6-7-52-31-9-19(3-5-25(31)45(16-34(49)57-42)17-35(50)58-43)36-20-10-22(37)26(46)12-27(20)53-28-13-29(54-39)23(38)11-21(28)36/h2-5,8-13H,6-7,14-17,39-43H2,1H3. The monoisotopic (exact) mass is 843 g/mol. The highest BCUT2D eigenvalue weighted by Gasteiger charge is 2.26. The van der Waals surface area contributed by atoms with E-state index in [9.17, 15) is 24.0 Å². The molecule has 0 bridgehead atoms. The molecule has 1 heterocycles. The smallest absolute Gasteiger partial charge is 0.343 e. The first-order valence-electron chi connectivity index (χ1n) is 16.7. The molecule has 20 nitrogen and oxygen atoms in total. The third-order valence-electron chi connectivity index (χ3n) is 8.40. The van der Waals surface area contributed by atoms with Crippen molar-refractivity contribution in [2.24, 2.45) is 29.5 Å². The van der Waals surface area contributed by atoms with E-state index in [0.29, 0.717) is 22.1 Å². The molecule has 0 aromatic heterocycles. The van der Waals surface area contributed by atoms with Crippen molar-refractivity contribution in [1.82, 2.24) is 0 Å². The van der Waals surface area contributed by atoms with Gasteiger partial charge in [-0.3, -0.25) is 4.79 Å². The van der Waals surface area contributed by atoms with Crippen molar-refractivity contribution < 1.29 is 57.3 Å². The molecule has 58 heavy (non-hydrogen) atoms. The van der Waals surface area contributed by atoms with E-state index in [-0.39, 0.29) is 63.2 Å². The highest BCUT2D eigenvalue weighted by atomic mass is 35.5. The van der Waals surface area contributed by atoms with Crippen LogP contribution in [0.3, 0.4) is 0 Å². The molecule has 0 unspecified atom stereocenters. The molecule has 1 aliphatic carbocycles. The Balaban J connectivity index is 1.60. The molecule has 0 saturated heterocycles. The molecule has 0 radical (unpaired) electrons. The van der Waals surface area contributed by atoms with Crippen LogP contribution in [0.2, 0.25) is 10.0 Å². The van der Waals surface area contributed by atoms with Gasteiger partial charge in [-0.05, 0) is 54.4 Å². The Morgan fingerprint density at radius 2 is 1.16 bits per heavy atom. The van der Waals surface area contributed by atoms with Gasteiger partial charge in [0, 0.05) is 28.6 Å². The molecule has 0 spiro atoms. The number of aryl methyl sites for hydroxylation is 1. The van der Waals surface area contributed by atoms with Crippen LogP contribution >= 0.6 is 23.2 Å². The Hall–Kier alpha value is -6.39. The average molecular weight is 845 g/mol. The van der Waals surface area contributed by atoms with Crippen LogP contribution in [0.4, 0.5) is 11.4 Å². The van der Waals surface area contributed by atoms with Gasteiger partial charge in [0.2, 0.25) is 5.43 Å². The molecule has 0 saturated carbocycles. The maximum absolute atomic E-state index is 12.6. The minimum atomic E-state index is -0.922. The summed E-state index contributed by atoms with van der Waals surface area (Å²) in [4.78, 5) is 86.4. The first-order valence-corrected chi connectivity index (χ1v) is 17.4. The molecule has 0 amide bonds. The number of rotatable bonds is 17. The highest BCUT2D eigenvalue weighted by molar-refractivity contribution is 6.33. The summed E-state index contributed by atoms with van der Waals surface area (Å²) >= 11 is 12.8. The van der Waals surface area contributed by atoms with E-state index in [4.69, 9.17) is 71.4 Å². The van der Waals surface area contributed by atoms with Gasteiger partial charge in [0.05, 0.1) is 21.4 Å². The van der Waals surface area contributed by atoms with E-state index in [1.54, 1.807) is 43.3 Å². The second-order valence-electron chi connectivity index (χ2n) is 12.2. The molecule has 0 atom stereocenters. The van der Waals surface area contributed by atoms with Crippen LogP contribution in [0.25, 0.3) is 33.4 Å². The number of halogens is 2. The molecule has 1 aliphatic heterocycles. The van der Waals surface area contributed by atoms with Crippen molar-refractivity contribution in [3.63, 3.8) is 0 Å². The molecule has 5 rings (SSSR count). The van der Waals surface area contributed by atoms with Gasteiger partial charge in [0.1, 0.15) is 62.2 Å². The third kappa shape index (κ3) is 9.94. The van der Waals surface area contributed by atoms with Gasteiger partial charge < -0.3 is 47.9 Å². The van der Waals surface area contributed by atoms with Gasteiger partial charge in [-0.2, -0.15) is 29.5 Å². The van der Waals surface area contributed by atoms with Crippen molar-refractivity contribution in [1.29, 1.82) is 0 Å². The van der Waals surface area contributed by atoms with Gasteiger partial charge in [-0.25, -0.2) is 19.2 Å². The largest absolute Gasteiger partial charge is 0.488 e. The van der Waals surface area contributed by atoms with E-state index in [0.717, 1.165) is 5.56 Å². The average Bonchev–Trinajstić information content (AvgIpc) is 3.21. The lowest BCUT2D eigenvalue weighted by atomic mass is 9.93. The minimum Gasteiger partial charge on any atom is -0.488 e. The molecule has 0 fully saturated rings. The fraction of sp³-hybridized carbons (Fsp3) is 0.194. The van der Waals surface area contributed by atoms with Gasteiger partial charge >= 0.3 is 23.9 Å². The Kier molecular flexibility index (Phi) is 14.1. The fourth-order valence-corrected chi connectivity index (χ4v) is 6.24. The Labute approximate surface area is 337 Å². The van der Waals surface area contributed by atoms with Crippen molar-refractivity contribution in [2.75, 3.05) is 49.2 Å². The van der Waals surface area contributed by atoms with Crippen LogP contribution in [-0.4, -0.2) is 63.3 Å². The fourth-order valence-electron chi connectivity index (χ4n) is 5.87. The molecule has 22 heteroatoms. The Morgan fingerprint density at radius 1 is 0.638 bits per heavy atom. The zero-order chi connectivity index (χ0) is 42.1. The molecule has 3 aromatic carbocycles. The van der Waals surface area contributed by atoms with Gasteiger partial charge in [0.25, 0.3) is 0 Å². The maximum atomic E-state index is 12.6. The summed E-state index contributed by atoms with van der Waals surface area (Å²) in [5.41, 5.74) is 2.28. The van der Waals surface area contributed by atoms with Gasteiger partial charge in [-0.15, -0.1) is 0 Å². The Bertz CT molecular complexity index is 2340. The summed E-state index contributed by atoms with van der Waals surface area (Å²) in [6.07, 6.45) is 0. The first kappa shape index (κ1) is 42.7. The number of nitrogens with two attached hydrogens (primary N) is 5. The molecular weight excluding hydrogens is 809 g/mol. The minimum absolute atomic E-state index is 0.0832. The number of hydrogen-bond donors (Lipinski definition) is 5. The number of nitrogens with zero attached hydrogens (tertiary/aromatic N) is 2. The van der Waals surface area contributed by atoms with Crippen molar-refractivity contribution >= 4 is 69.4 Å². The highest BCUT2D eigenvalue weighted by Crippen LogP contribution is 2.45. The van der Waals surface area contributed by atoms with Crippen molar-refractivity contribution in [3.05, 3.63) is 86.5 Å². The normalized spacial score (nSPS) is 10.8. The number of benzene rings is 4. The zero-order valence-corrected chi connectivity index (χ0v) is 31.9. The number of hydrogen-bond acceptors (Lipinski definition) is 20. The van der Waals surface area contributed by atoms with Gasteiger partial charge in [0.15, 0.2) is 5.75 Å². The second-order valence-corrected chi connectivity index (χ2v) is 13.0. The molecule has 2 aliphatic rings. The van der Waals surface area contributed by atoms with Gasteiger partial charge in [-0.1, -0.05) is 35.3 Å². The molecule has 3 aromatic rings. The summed E-state index contributed by atoms with van der Waals surface area (Å²) < 4.78 is 18.4. The summed E-state index contributed by atoms with van der Waals surface area (Å²) in [5.74, 6) is 22.7. The maximum Gasteiger partial charge on any atom is 0.343 e. The number of carbonyl (C=O) groups is 4. The van der Waals surface area contributed by atoms with Crippen LogP contribution in [-0.2, 0) is 38.5 Å². The van der Waals surface area contributed by atoms with Crippen molar-refractivity contribution in [2.45, 2.75) is 6.92 Å². The topological polar surface area (TPSA) is 300 Å². The summed E-state index contributed by atoms with van der Waals surface area (Å²) in [7, 11) is 0. The number of ether oxygens (including phenoxy) is 2. The second kappa shape index (κ2) is 19.2. The van der Waals surface area contributed by atoms with E-state index in [2.05, 4.69) is 19.4 Å². The van der Waals surface area contributed by atoms with E-state index in [1.807, 2.05) is 0 Å².